The Hall–Kier alpha value is -2.60. The van der Waals surface area contributed by atoms with Gasteiger partial charge < -0.3 is 10.1 Å². The molecule has 0 heterocycles. The summed E-state index contributed by atoms with van der Waals surface area (Å²) in [4.78, 5) is 22.7. The van der Waals surface area contributed by atoms with Gasteiger partial charge in [-0.05, 0) is 43.4 Å². The number of carbonyl (C=O) groups is 1. The third-order valence-electron chi connectivity index (χ3n) is 4.49. The second-order valence-electron chi connectivity index (χ2n) is 6.28. The first-order valence-electron chi connectivity index (χ1n) is 8.44. The molecule has 7 heteroatoms. The summed E-state index contributed by atoms with van der Waals surface area (Å²) in [7, 11) is 0. The number of amides is 1. The molecule has 2 aromatic carbocycles. The summed E-state index contributed by atoms with van der Waals surface area (Å²) in [5, 5.41) is 13.9. The first-order valence-corrected chi connectivity index (χ1v) is 8.82. The summed E-state index contributed by atoms with van der Waals surface area (Å²) >= 11 is 6.02. The van der Waals surface area contributed by atoms with Crippen molar-refractivity contribution in [3.8, 4) is 5.75 Å². The Bertz CT molecular complexity index is 840. The molecule has 0 bridgehead atoms. The third kappa shape index (κ3) is 3.96. The van der Waals surface area contributed by atoms with Gasteiger partial charge in [-0.1, -0.05) is 35.9 Å². The highest BCUT2D eigenvalue weighted by Crippen LogP contribution is 2.31. The number of hydrogen-bond donors (Lipinski definition) is 1. The van der Waals surface area contributed by atoms with E-state index >= 15 is 0 Å². The van der Waals surface area contributed by atoms with E-state index in [0.717, 1.165) is 24.8 Å². The van der Waals surface area contributed by atoms with Crippen molar-refractivity contribution in [2.24, 2.45) is 0 Å². The molecule has 0 aromatic heterocycles. The molecule has 1 amide bonds. The number of carbonyl (C=O) groups excluding carboxylic acids is 1. The molecule has 3 rings (SSSR count). The van der Waals surface area contributed by atoms with Gasteiger partial charge >= 0.3 is 0 Å². The summed E-state index contributed by atoms with van der Waals surface area (Å²) in [5.74, 6) is -0.00918. The highest BCUT2D eigenvalue weighted by Gasteiger charge is 2.25. The van der Waals surface area contributed by atoms with Crippen LogP contribution in [0.5, 0.6) is 5.75 Å². The van der Waals surface area contributed by atoms with Crippen LogP contribution < -0.4 is 10.1 Å². The van der Waals surface area contributed by atoms with Crippen molar-refractivity contribution in [2.75, 3.05) is 0 Å². The SMILES string of the molecule is C[C@H](Oc1ccc([N+](=O)[O-])cc1Cl)C(=O)N[C@@H]1CCCc2ccccc21. The molecule has 1 aliphatic rings. The molecule has 136 valence electrons. The van der Waals surface area contributed by atoms with E-state index < -0.39 is 11.0 Å². The van der Waals surface area contributed by atoms with Gasteiger partial charge in [0.2, 0.25) is 0 Å². The molecule has 2 atom stereocenters. The number of rotatable bonds is 5. The molecular weight excluding hydrogens is 356 g/mol. The van der Waals surface area contributed by atoms with E-state index in [2.05, 4.69) is 11.4 Å². The Morgan fingerprint density at radius 2 is 2.12 bits per heavy atom. The predicted molar refractivity (Wildman–Crippen MR) is 98.5 cm³/mol. The standard InChI is InChI=1S/C19H19ClN2O4/c1-12(26-18-10-9-14(22(24)25)11-16(18)20)19(23)21-17-8-4-6-13-5-2-3-7-15(13)17/h2-3,5,7,9-12,17H,4,6,8H2,1H3,(H,21,23)/t12-,17+/m0/s1. The van der Waals surface area contributed by atoms with Gasteiger partial charge in [-0.15, -0.1) is 0 Å². The zero-order valence-corrected chi connectivity index (χ0v) is 15.0. The van der Waals surface area contributed by atoms with Gasteiger partial charge in [-0.2, -0.15) is 0 Å². The average Bonchev–Trinajstić information content (AvgIpc) is 2.63. The van der Waals surface area contributed by atoms with Crippen molar-refractivity contribution in [3.63, 3.8) is 0 Å². The predicted octanol–water partition coefficient (Wildman–Crippen LogP) is 4.21. The largest absolute Gasteiger partial charge is 0.479 e. The minimum atomic E-state index is -0.775. The monoisotopic (exact) mass is 374 g/mol. The lowest BCUT2D eigenvalue weighted by Crippen LogP contribution is -2.39. The first-order chi connectivity index (χ1) is 12.5. The van der Waals surface area contributed by atoms with Crippen LogP contribution >= 0.6 is 11.6 Å². The third-order valence-corrected chi connectivity index (χ3v) is 4.78. The van der Waals surface area contributed by atoms with Crippen LogP contribution in [0.15, 0.2) is 42.5 Å². The number of nitro benzene ring substituents is 1. The lowest BCUT2D eigenvalue weighted by Gasteiger charge is -2.27. The van der Waals surface area contributed by atoms with Gasteiger partial charge in [0.25, 0.3) is 11.6 Å². The molecule has 0 radical (unpaired) electrons. The number of fused-ring (bicyclic) bond motifs is 1. The van der Waals surface area contributed by atoms with E-state index in [1.807, 2.05) is 18.2 Å². The zero-order chi connectivity index (χ0) is 18.7. The Labute approximate surface area is 156 Å². The van der Waals surface area contributed by atoms with Crippen LogP contribution in [0.1, 0.15) is 36.9 Å². The zero-order valence-electron chi connectivity index (χ0n) is 14.3. The molecule has 0 saturated carbocycles. The van der Waals surface area contributed by atoms with Crippen LogP contribution in [-0.2, 0) is 11.2 Å². The number of benzene rings is 2. The van der Waals surface area contributed by atoms with Crippen molar-refractivity contribution in [2.45, 2.75) is 38.3 Å². The smallest absolute Gasteiger partial charge is 0.271 e. The fourth-order valence-corrected chi connectivity index (χ4v) is 3.36. The number of aryl methyl sites for hydroxylation is 1. The molecule has 1 aliphatic carbocycles. The van der Waals surface area contributed by atoms with Crippen molar-refractivity contribution in [3.05, 3.63) is 68.7 Å². The minimum Gasteiger partial charge on any atom is -0.479 e. The summed E-state index contributed by atoms with van der Waals surface area (Å²) in [6.07, 6.45) is 2.15. The second-order valence-corrected chi connectivity index (χ2v) is 6.69. The Balaban J connectivity index is 1.67. The molecule has 0 aliphatic heterocycles. The minimum absolute atomic E-state index is 0.0363. The molecular formula is C19H19ClN2O4. The highest BCUT2D eigenvalue weighted by molar-refractivity contribution is 6.32. The second kappa shape index (κ2) is 7.74. The Morgan fingerprint density at radius 3 is 2.85 bits per heavy atom. The number of nitro groups is 1. The quantitative estimate of drug-likeness (QED) is 0.627. The molecule has 26 heavy (non-hydrogen) atoms. The first kappa shape index (κ1) is 18.2. The summed E-state index contributed by atoms with van der Waals surface area (Å²) < 4.78 is 5.60. The fourth-order valence-electron chi connectivity index (χ4n) is 3.14. The Morgan fingerprint density at radius 1 is 1.35 bits per heavy atom. The molecule has 6 nitrogen and oxygen atoms in total. The van der Waals surface area contributed by atoms with Crippen LogP contribution in [0, 0.1) is 10.1 Å². The normalized spacial score (nSPS) is 17.1. The van der Waals surface area contributed by atoms with E-state index in [4.69, 9.17) is 16.3 Å². The van der Waals surface area contributed by atoms with Gasteiger partial charge in [-0.3, -0.25) is 14.9 Å². The van der Waals surface area contributed by atoms with E-state index in [0.29, 0.717) is 0 Å². The van der Waals surface area contributed by atoms with E-state index in [1.54, 1.807) is 6.92 Å². The summed E-state index contributed by atoms with van der Waals surface area (Å²) in [5.41, 5.74) is 2.28. The van der Waals surface area contributed by atoms with Crippen molar-refractivity contribution >= 4 is 23.2 Å². The number of hydrogen-bond acceptors (Lipinski definition) is 4. The van der Waals surface area contributed by atoms with Crippen LogP contribution in [0.25, 0.3) is 0 Å². The molecule has 0 fully saturated rings. The maximum Gasteiger partial charge on any atom is 0.271 e. The van der Waals surface area contributed by atoms with Crippen molar-refractivity contribution in [1.29, 1.82) is 0 Å². The fraction of sp³-hybridized carbons (Fsp3) is 0.316. The van der Waals surface area contributed by atoms with Crippen molar-refractivity contribution in [1.82, 2.24) is 5.32 Å². The topological polar surface area (TPSA) is 81.5 Å². The van der Waals surface area contributed by atoms with Gasteiger partial charge in [0.05, 0.1) is 16.0 Å². The lowest BCUT2D eigenvalue weighted by atomic mass is 9.87. The van der Waals surface area contributed by atoms with Crippen LogP contribution in [0.3, 0.4) is 0 Å². The highest BCUT2D eigenvalue weighted by atomic mass is 35.5. The summed E-state index contributed by atoms with van der Waals surface area (Å²) in [6, 6.07) is 12.0. The van der Waals surface area contributed by atoms with Crippen LogP contribution in [0.4, 0.5) is 5.69 Å². The van der Waals surface area contributed by atoms with Gasteiger partial charge in [0.1, 0.15) is 5.75 Å². The molecule has 2 aromatic rings. The maximum absolute atomic E-state index is 12.5. The van der Waals surface area contributed by atoms with Crippen LogP contribution in [0.2, 0.25) is 5.02 Å². The molecule has 1 N–H and O–H groups in total. The average molecular weight is 375 g/mol. The maximum atomic E-state index is 12.5. The number of nitrogens with zero attached hydrogens (tertiary/aromatic N) is 1. The van der Waals surface area contributed by atoms with Gasteiger partial charge in [0.15, 0.2) is 6.10 Å². The van der Waals surface area contributed by atoms with E-state index in [1.165, 1.54) is 23.8 Å². The number of non-ortho nitro benzene ring substituents is 1. The van der Waals surface area contributed by atoms with E-state index in [-0.39, 0.29) is 28.4 Å². The Kier molecular flexibility index (Phi) is 5.42. The number of ether oxygens (including phenoxy) is 1. The van der Waals surface area contributed by atoms with Crippen molar-refractivity contribution < 1.29 is 14.5 Å². The van der Waals surface area contributed by atoms with Gasteiger partial charge in [-0.25, -0.2) is 0 Å². The van der Waals surface area contributed by atoms with Gasteiger partial charge in [0, 0.05) is 12.1 Å². The molecule has 0 saturated heterocycles. The van der Waals surface area contributed by atoms with Crippen LogP contribution in [-0.4, -0.2) is 16.9 Å². The molecule has 0 spiro atoms. The number of halogens is 1. The number of nitrogens with one attached hydrogen (secondary N) is 1. The lowest BCUT2D eigenvalue weighted by molar-refractivity contribution is -0.384. The summed E-state index contributed by atoms with van der Waals surface area (Å²) in [6.45, 7) is 1.63. The molecule has 0 unspecified atom stereocenters. The van der Waals surface area contributed by atoms with E-state index in [9.17, 15) is 14.9 Å².